The van der Waals surface area contributed by atoms with Crippen LogP contribution >= 0.6 is 11.3 Å². The molecule has 0 amide bonds. The van der Waals surface area contributed by atoms with E-state index in [4.69, 9.17) is 4.74 Å². The van der Waals surface area contributed by atoms with Gasteiger partial charge in [0, 0.05) is 24.5 Å². The Labute approximate surface area is 143 Å². The normalized spacial score (nSPS) is 16.5. The lowest BCUT2D eigenvalue weighted by atomic mass is 10.2. The van der Waals surface area contributed by atoms with Crippen LogP contribution in [0.1, 0.15) is 10.4 Å². The molecule has 0 bridgehead atoms. The van der Waals surface area contributed by atoms with Crippen molar-refractivity contribution in [3.8, 4) is 0 Å². The molecule has 1 aromatic carbocycles. The molecule has 6 nitrogen and oxygen atoms in total. The molecule has 2 aromatic rings. The van der Waals surface area contributed by atoms with E-state index in [0.29, 0.717) is 5.56 Å². The first-order valence-electron chi connectivity index (χ1n) is 6.97. The summed E-state index contributed by atoms with van der Waals surface area (Å²) in [6.45, 7) is 0. The Kier molecular flexibility index (Phi) is 4.35. The van der Waals surface area contributed by atoms with Crippen LogP contribution in [-0.4, -0.2) is 38.7 Å². The van der Waals surface area contributed by atoms with Gasteiger partial charge >= 0.3 is 5.97 Å². The molecule has 0 unspecified atom stereocenters. The zero-order valence-electron chi connectivity index (χ0n) is 13.0. The zero-order chi connectivity index (χ0) is 17.3. The van der Waals surface area contributed by atoms with Gasteiger partial charge in [0.2, 0.25) is 15.9 Å². The molecule has 0 N–H and O–H groups in total. The second-order valence-corrected chi connectivity index (χ2v) is 8.30. The van der Waals surface area contributed by atoms with E-state index in [1.165, 1.54) is 37.6 Å². The molecule has 24 heavy (non-hydrogen) atoms. The van der Waals surface area contributed by atoms with E-state index in [1.807, 2.05) is 17.5 Å². The van der Waals surface area contributed by atoms with Crippen LogP contribution in [0, 0.1) is 0 Å². The second-order valence-electron chi connectivity index (χ2n) is 5.17. The molecular weight excluding hydrogens is 348 g/mol. The van der Waals surface area contributed by atoms with Crippen LogP contribution in [0.3, 0.4) is 0 Å². The van der Waals surface area contributed by atoms with Gasteiger partial charge in [-0.2, -0.15) is 0 Å². The van der Waals surface area contributed by atoms with Gasteiger partial charge in [-0.15, -0.1) is 11.3 Å². The fourth-order valence-corrected chi connectivity index (χ4v) is 3.64. The van der Waals surface area contributed by atoms with Crippen LogP contribution in [0.15, 0.2) is 57.4 Å². The van der Waals surface area contributed by atoms with Crippen molar-refractivity contribution in [2.45, 2.75) is 4.90 Å². The predicted octanol–water partition coefficient (Wildman–Crippen LogP) is 2.34. The first-order chi connectivity index (χ1) is 11.4. The quantitative estimate of drug-likeness (QED) is 0.618. The third-order valence-corrected chi connectivity index (χ3v) is 5.93. The Morgan fingerprint density at radius 1 is 1.21 bits per heavy atom. The highest BCUT2D eigenvalue weighted by Crippen LogP contribution is 2.23. The highest BCUT2D eigenvalue weighted by atomic mass is 32.2. The lowest BCUT2D eigenvalue weighted by Crippen LogP contribution is -2.22. The average Bonchev–Trinajstić information content (AvgIpc) is 3.18. The van der Waals surface area contributed by atoms with Gasteiger partial charge in [-0.05, 0) is 35.7 Å². The number of sulfonamides is 1. The average molecular weight is 362 g/mol. The van der Waals surface area contributed by atoms with Crippen molar-refractivity contribution in [3.63, 3.8) is 0 Å². The fourth-order valence-electron chi connectivity index (χ4n) is 2.04. The summed E-state index contributed by atoms with van der Waals surface area (Å²) in [6, 6.07) is 9.90. The minimum atomic E-state index is -3.57. The maximum Gasteiger partial charge on any atom is 0.363 e. The topological polar surface area (TPSA) is 76.0 Å². The van der Waals surface area contributed by atoms with Crippen molar-refractivity contribution in [2.24, 2.45) is 4.99 Å². The molecule has 2 heterocycles. The first kappa shape index (κ1) is 16.6. The van der Waals surface area contributed by atoms with E-state index < -0.39 is 16.0 Å². The smallest absolute Gasteiger partial charge is 0.363 e. The standard InChI is InChI=1S/C16H14N2O4S2/c1-18(2)24(20,21)13-7-3-5-11(9-13)15-17-14(16(19)22-15)10-12-6-4-8-23-12/h3-10H,1-2H3. The molecule has 1 aromatic heterocycles. The summed E-state index contributed by atoms with van der Waals surface area (Å²) in [5, 5.41) is 1.90. The van der Waals surface area contributed by atoms with Gasteiger partial charge in [0.15, 0.2) is 5.70 Å². The summed E-state index contributed by atoms with van der Waals surface area (Å²) in [5.74, 6) is -0.460. The summed E-state index contributed by atoms with van der Waals surface area (Å²) in [7, 11) is -0.661. The largest absolute Gasteiger partial charge is 0.402 e. The Balaban J connectivity index is 1.97. The fraction of sp³-hybridized carbons (Fsp3) is 0.125. The van der Waals surface area contributed by atoms with Gasteiger partial charge < -0.3 is 4.74 Å². The predicted molar refractivity (Wildman–Crippen MR) is 92.2 cm³/mol. The number of hydrogen-bond donors (Lipinski definition) is 0. The van der Waals surface area contributed by atoms with E-state index in [1.54, 1.807) is 18.2 Å². The SMILES string of the molecule is CN(C)S(=O)(=O)c1cccc(C2=NC(=Cc3cccs3)C(=O)O2)c1. The van der Waals surface area contributed by atoms with E-state index in [-0.39, 0.29) is 16.5 Å². The van der Waals surface area contributed by atoms with Crippen LogP contribution < -0.4 is 0 Å². The number of hydrogen-bond acceptors (Lipinski definition) is 6. The number of cyclic esters (lactones) is 1. The number of thiophene rings is 1. The highest BCUT2D eigenvalue weighted by molar-refractivity contribution is 7.89. The maximum absolute atomic E-state index is 12.2. The molecule has 124 valence electrons. The monoisotopic (exact) mass is 362 g/mol. The van der Waals surface area contributed by atoms with Crippen LogP contribution in [0.5, 0.6) is 0 Å². The van der Waals surface area contributed by atoms with Crippen molar-refractivity contribution >= 4 is 39.3 Å². The summed E-state index contributed by atoms with van der Waals surface area (Å²) < 4.78 is 30.7. The third-order valence-electron chi connectivity index (χ3n) is 3.30. The molecule has 0 atom stereocenters. The number of rotatable bonds is 4. The minimum Gasteiger partial charge on any atom is -0.402 e. The van der Waals surface area contributed by atoms with E-state index in [2.05, 4.69) is 4.99 Å². The summed E-state index contributed by atoms with van der Waals surface area (Å²) in [5.41, 5.74) is 0.620. The number of aliphatic imine (C=N–C) groups is 1. The van der Waals surface area contributed by atoms with E-state index in [9.17, 15) is 13.2 Å². The van der Waals surface area contributed by atoms with Crippen LogP contribution in [0.4, 0.5) is 0 Å². The molecule has 0 aliphatic carbocycles. The Morgan fingerprint density at radius 2 is 2.00 bits per heavy atom. The second kappa shape index (κ2) is 6.31. The minimum absolute atomic E-state index is 0.0959. The molecule has 8 heteroatoms. The van der Waals surface area contributed by atoms with Gasteiger partial charge in [0.05, 0.1) is 4.90 Å². The Morgan fingerprint density at radius 3 is 2.67 bits per heavy atom. The number of carbonyl (C=O) groups is 1. The highest BCUT2D eigenvalue weighted by Gasteiger charge is 2.26. The van der Waals surface area contributed by atoms with E-state index >= 15 is 0 Å². The molecule has 3 rings (SSSR count). The molecular formula is C16H14N2O4S2. The van der Waals surface area contributed by atoms with Gasteiger partial charge in [-0.3, -0.25) is 0 Å². The van der Waals surface area contributed by atoms with Gasteiger partial charge in [-0.1, -0.05) is 12.1 Å². The van der Waals surface area contributed by atoms with Crippen molar-refractivity contribution < 1.29 is 17.9 Å². The number of carbonyl (C=O) groups excluding carboxylic acids is 1. The summed E-state index contributed by atoms with van der Waals surface area (Å²) in [6.07, 6.45) is 1.64. The van der Waals surface area contributed by atoms with E-state index in [0.717, 1.165) is 9.18 Å². The summed E-state index contributed by atoms with van der Waals surface area (Å²) in [4.78, 5) is 17.1. The van der Waals surface area contributed by atoms with Crippen LogP contribution in [0.25, 0.3) is 6.08 Å². The van der Waals surface area contributed by atoms with Gasteiger partial charge in [0.1, 0.15) is 0 Å². The van der Waals surface area contributed by atoms with Crippen LogP contribution in [0.2, 0.25) is 0 Å². The van der Waals surface area contributed by atoms with Gasteiger partial charge in [0.25, 0.3) is 0 Å². The van der Waals surface area contributed by atoms with Crippen molar-refractivity contribution in [3.05, 3.63) is 57.9 Å². The number of ether oxygens (including phenoxy) is 1. The first-order valence-corrected chi connectivity index (χ1v) is 9.29. The molecule has 0 radical (unpaired) electrons. The Bertz CT molecular complexity index is 942. The third kappa shape index (κ3) is 3.16. The number of benzene rings is 1. The molecule has 1 aliphatic heterocycles. The maximum atomic E-state index is 12.2. The van der Waals surface area contributed by atoms with Crippen LogP contribution in [-0.2, 0) is 19.6 Å². The number of esters is 1. The van der Waals surface area contributed by atoms with Crippen molar-refractivity contribution in [2.75, 3.05) is 14.1 Å². The molecule has 0 spiro atoms. The molecule has 0 saturated carbocycles. The Hall–Kier alpha value is -2.29. The lowest BCUT2D eigenvalue weighted by Gasteiger charge is -2.11. The molecule has 1 aliphatic rings. The molecule has 0 fully saturated rings. The zero-order valence-corrected chi connectivity index (χ0v) is 14.6. The number of nitrogens with zero attached hydrogens (tertiary/aromatic N) is 2. The molecule has 0 saturated heterocycles. The lowest BCUT2D eigenvalue weighted by molar-refractivity contribution is -0.129. The van der Waals surface area contributed by atoms with Crippen molar-refractivity contribution in [1.29, 1.82) is 0 Å². The summed E-state index contributed by atoms with van der Waals surface area (Å²) >= 11 is 1.48. The van der Waals surface area contributed by atoms with Crippen molar-refractivity contribution in [1.82, 2.24) is 4.31 Å². The van der Waals surface area contributed by atoms with Gasteiger partial charge in [-0.25, -0.2) is 22.5 Å².